The number of carbonyl (C=O) groups is 1. The average Bonchev–Trinajstić information content (AvgIpc) is 2.62. The van der Waals surface area contributed by atoms with Crippen LogP contribution in [0.1, 0.15) is 68.7 Å². The first-order chi connectivity index (χ1) is 12.8. The average molecular weight is 355 g/mol. The van der Waals surface area contributed by atoms with Crippen molar-refractivity contribution < 1.29 is 9.53 Å². The summed E-state index contributed by atoms with van der Waals surface area (Å²) in [5.41, 5.74) is 2.39. The van der Waals surface area contributed by atoms with Gasteiger partial charge in [0.05, 0.1) is 11.7 Å². The Kier molecular flexibility index (Phi) is 4.35. The first-order valence-electron chi connectivity index (χ1n) is 10.5. The van der Waals surface area contributed by atoms with Crippen molar-refractivity contribution in [1.82, 2.24) is 14.8 Å². The molecule has 4 aliphatic rings. The van der Waals surface area contributed by atoms with E-state index in [1.54, 1.807) is 0 Å². The van der Waals surface area contributed by atoms with Gasteiger partial charge in [0.1, 0.15) is 6.10 Å². The number of likely N-dealkylation sites (tertiary alicyclic amines) is 1. The molecule has 1 saturated carbocycles. The molecule has 1 amide bonds. The Morgan fingerprint density at radius 3 is 2.58 bits per heavy atom. The number of hydrogen-bond donors (Lipinski definition) is 0. The molecule has 1 aromatic heterocycles. The van der Waals surface area contributed by atoms with Crippen molar-refractivity contribution in [3.05, 3.63) is 23.4 Å². The highest BCUT2D eigenvalue weighted by molar-refractivity contribution is 5.78. The van der Waals surface area contributed by atoms with Gasteiger partial charge in [0.15, 0.2) is 0 Å². The van der Waals surface area contributed by atoms with Crippen LogP contribution in [0.5, 0.6) is 5.88 Å². The lowest BCUT2D eigenvalue weighted by atomic mass is 9.89. The lowest BCUT2D eigenvalue weighted by molar-refractivity contribution is -0.137. The van der Waals surface area contributed by atoms with Crippen LogP contribution in [0.15, 0.2) is 12.1 Å². The molecule has 2 saturated heterocycles. The van der Waals surface area contributed by atoms with Gasteiger partial charge in [-0.15, -0.1) is 0 Å². The largest absolute Gasteiger partial charge is 0.474 e. The molecule has 4 heterocycles. The maximum Gasteiger partial charge on any atom is 0.223 e. The van der Waals surface area contributed by atoms with E-state index in [0.717, 1.165) is 56.3 Å². The van der Waals surface area contributed by atoms with Crippen LogP contribution in [-0.4, -0.2) is 52.5 Å². The second kappa shape index (κ2) is 6.84. The Bertz CT molecular complexity index is 680. The molecule has 0 N–H and O–H groups in total. The molecule has 0 aromatic carbocycles. The van der Waals surface area contributed by atoms with E-state index in [2.05, 4.69) is 15.9 Å². The number of rotatable bonds is 3. The van der Waals surface area contributed by atoms with Gasteiger partial charge in [-0.3, -0.25) is 4.79 Å². The maximum absolute atomic E-state index is 12.1. The summed E-state index contributed by atoms with van der Waals surface area (Å²) in [6.45, 7) is 3.14. The van der Waals surface area contributed by atoms with E-state index < -0.39 is 0 Å². The van der Waals surface area contributed by atoms with Gasteiger partial charge in [-0.1, -0.05) is 6.42 Å². The van der Waals surface area contributed by atoms with E-state index in [-0.39, 0.29) is 6.04 Å². The standard InChI is InChI=1S/C21H29N3O2/c25-21-6-2-5-19-17-7-8-20(22-18(17)11-14-24(19)21)26-16-9-12-23(13-10-16)15-3-1-4-15/h7-8,15-16,19H,1-6,9-14H2. The van der Waals surface area contributed by atoms with E-state index in [1.165, 1.54) is 37.9 Å². The molecule has 1 aliphatic carbocycles. The van der Waals surface area contributed by atoms with E-state index >= 15 is 0 Å². The van der Waals surface area contributed by atoms with Crippen molar-refractivity contribution in [2.24, 2.45) is 0 Å². The third kappa shape index (κ3) is 3.00. The van der Waals surface area contributed by atoms with Crippen LogP contribution in [0.4, 0.5) is 0 Å². The number of amides is 1. The number of hydrogen-bond acceptors (Lipinski definition) is 4. The molecular weight excluding hydrogens is 326 g/mol. The number of pyridine rings is 1. The molecule has 5 nitrogen and oxygen atoms in total. The zero-order chi connectivity index (χ0) is 17.5. The molecule has 0 bridgehead atoms. The topological polar surface area (TPSA) is 45.7 Å². The van der Waals surface area contributed by atoms with Crippen molar-refractivity contribution in [1.29, 1.82) is 0 Å². The van der Waals surface area contributed by atoms with Crippen LogP contribution in [0, 0.1) is 0 Å². The Hall–Kier alpha value is -1.62. The van der Waals surface area contributed by atoms with Gasteiger partial charge in [-0.2, -0.15) is 0 Å². The fourth-order valence-corrected chi connectivity index (χ4v) is 5.09. The smallest absolute Gasteiger partial charge is 0.223 e. The van der Waals surface area contributed by atoms with Crippen molar-refractivity contribution in [2.45, 2.75) is 76.0 Å². The summed E-state index contributed by atoms with van der Waals surface area (Å²) in [5, 5.41) is 0. The fourth-order valence-electron chi connectivity index (χ4n) is 5.09. The van der Waals surface area contributed by atoms with Gasteiger partial charge in [-0.25, -0.2) is 4.98 Å². The van der Waals surface area contributed by atoms with Gasteiger partial charge < -0.3 is 14.5 Å². The van der Waals surface area contributed by atoms with Gasteiger partial charge >= 0.3 is 0 Å². The SMILES string of the molecule is O=C1CCCC2c3ccc(OC4CCN(C5CCC5)CC4)nc3CCN12. The fraction of sp³-hybridized carbons (Fsp3) is 0.714. The maximum atomic E-state index is 12.1. The molecule has 1 atom stereocenters. The van der Waals surface area contributed by atoms with Gasteiger partial charge in [0.25, 0.3) is 0 Å². The summed E-state index contributed by atoms with van der Waals surface area (Å²) in [4.78, 5) is 21.7. The summed E-state index contributed by atoms with van der Waals surface area (Å²) in [5.74, 6) is 1.09. The normalized spacial score (nSPS) is 27.6. The van der Waals surface area contributed by atoms with E-state index in [0.29, 0.717) is 18.4 Å². The van der Waals surface area contributed by atoms with Crippen molar-refractivity contribution in [3.8, 4) is 5.88 Å². The van der Waals surface area contributed by atoms with E-state index in [4.69, 9.17) is 9.72 Å². The molecule has 26 heavy (non-hydrogen) atoms. The van der Waals surface area contributed by atoms with Crippen LogP contribution < -0.4 is 4.74 Å². The molecule has 3 aliphatic heterocycles. The van der Waals surface area contributed by atoms with Crippen LogP contribution in [0.25, 0.3) is 0 Å². The molecule has 1 aromatic rings. The Labute approximate surface area is 155 Å². The number of aromatic nitrogens is 1. The molecule has 1 unspecified atom stereocenters. The molecule has 0 spiro atoms. The minimum absolute atomic E-state index is 0.243. The number of ether oxygens (including phenoxy) is 1. The Morgan fingerprint density at radius 1 is 0.962 bits per heavy atom. The minimum Gasteiger partial charge on any atom is -0.474 e. The first kappa shape index (κ1) is 16.5. The number of piperidine rings is 2. The first-order valence-corrected chi connectivity index (χ1v) is 10.5. The van der Waals surface area contributed by atoms with Crippen molar-refractivity contribution >= 4 is 5.91 Å². The zero-order valence-corrected chi connectivity index (χ0v) is 15.5. The van der Waals surface area contributed by atoms with E-state index in [1.807, 2.05) is 6.07 Å². The molecule has 0 radical (unpaired) electrons. The highest BCUT2D eigenvalue weighted by Crippen LogP contribution is 2.37. The second-order valence-corrected chi connectivity index (χ2v) is 8.37. The predicted molar refractivity (Wildman–Crippen MR) is 99.1 cm³/mol. The Morgan fingerprint density at radius 2 is 1.81 bits per heavy atom. The summed E-state index contributed by atoms with van der Waals surface area (Å²) in [7, 11) is 0. The molecule has 140 valence electrons. The minimum atomic E-state index is 0.243. The lowest BCUT2D eigenvalue weighted by Crippen LogP contribution is -2.46. The third-order valence-electron chi connectivity index (χ3n) is 6.85. The van der Waals surface area contributed by atoms with E-state index in [9.17, 15) is 4.79 Å². The highest BCUT2D eigenvalue weighted by atomic mass is 16.5. The van der Waals surface area contributed by atoms with Crippen molar-refractivity contribution in [3.63, 3.8) is 0 Å². The summed E-state index contributed by atoms with van der Waals surface area (Å²) >= 11 is 0. The second-order valence-electron chi connectivity index (χ2n) is 8.37. The summed E-state index contributed by atoms with van der Waals surface area (Å²) in [6, 6.07) is 5.28. The van der Waals surface area contributed by atoms with Crippen LogP contribution >= 0.6 is 0 Å². The zero-order valence-electron chi connectivity index (χ0n) is 15.5. The predicted octanol–water partition coefficient (Wildman–Crippen LogP) is 3.09. The number of carbonyl (C=O) groups excluding carboxylic acids is 1. The molecule has 5 rings (SSSR count). The monoisotopic (exact) mass is 355 g/mol. The van der Waals surface area contributed by atoms with Crippen molar-refractivity contribution in [2.75, 3.05) is 19.6 Å². The quantitative estimate of drug-likeness (QED) is 0.836. The lowest BCUT2D eigenvalue weighted by Gasteiger charge is -2.41. The molecular formula is C21H29N3O2. The summed E-state index contributed by atoms with van der Waals surface area (Å²) in [6.07, 6.45) is 10.3. The number of fused-ring (bicyclic) bond motifs is 3. The summed E-state index contributed by atoms with van der Waals surface area (Å²) < 4.78 is 6.24. The number of nitrogens with zero attached hydrogens (tertiary/aromatic N) is 3. The van der Waals surface area contributed by atoms with Gasteiger partial charge in [0.2, 0.25) is 11.8 Å². The van der Waals surface area contributed by atoms with Crippen LogP contribution in [0.2, 0.25) is 0 Å². The van der Waals surface area contributed by atoms with Gasteiger partial charge in [-0.05, 0) is 50.2 Å². The third-order valence-corrected chi connectivity index (χ3v) is 6.85. The molecule has 3 fully saturated rings. The molecule has 5 heteroatoms. The van der Waals surface area contributed by atoms with Crippen LogP contribution in [0.3, 0.4) is 0 Å². The highest BCUT2D eigenvalue weighted by Gasteiger charge is 2.34. The van der Waals surface area contributed by atoms with Crippen LogP contribution in [-0.2, 0) is 11.2 Å². The Balaban J connectivity index is 1.23. The van der Waals surface area contributed by atoms with Gasteiger partial charge in [0, 0.05) is 44.6 Å².